The van der Waals surface area contributed by atoms with Crippen LogP contribution in [0.1, 0.15) is 18.1 Å². The van der Waals surface area contributed by atoms with Gasteiger partial charge in [-0.3, -0.25) is 0 Å². The molecule has 1 aliphatic rings. The standard InChI is InChI=1S/C20H22F3N3O3/c1-19(16-7-3-2-4-8-16)13-26(10-11-29-19)18(27)25-12-15-6-5-9-24-17(15)28-14-20(21,22)23/h2-9H,10-14H2,1H3,(H,25,27). The molecule has 1 saturated heterocycles. The maximum absolute atomic E-state index is 12.6. The van der Waals surface area contributed by atoms with Crippen molar-refractivity contribution >= 4 is 6.03 Å². The third-order valence-corrected chi connectivity index (χ3v) is 4.60. The van der Waals surface area contributed by atoms with Gasteiger partial charge in [0.05, 0.1) is 13.2 Å². The average Bonchev–Trinajstić information content (AvgIpc) is 2.71. The fraction of sp³-hybridized carbons (Fsp3) is 0.400. The molecule has 0 aliphatic carbocycles. The van der Waals surface area contributed by atoms with Gasteiger partial charge in [-0.2, -0.15) is 13.2 Å². The summed E-state index contributed by atoms with van der Waals surface area (Å²) in [6.07, 6.45) is -3.13. The van der Waals surface area contributed by atoms with E-state index in [0.29, 0.717) is 25.3 Å². The van der Waals surface area contributed by atoms with E-state index >= 15 is 0 Å². The smallest absolute Gasteiger partial charge is 0.422 e. The summed E-state index contributed by atoms with van der Waals surface area (Å²) >= 11 is 0. The molecule has 1 N–H and O–H groups in total. The van der Waals surface area contributed by atoms with Gasteiger partial charge < -0.3 is 19.7 Å². The first kappa shape index (κ1) is 20.9. The third-order valence-electron chi connectivity index (χ3n) is 4.60. The van der Waals surface area contributed by atoms with E-state index in [1.165, 1.54) is 6.20 Å². The van der Waals surface area contributed by atoms with Crippen molar-refractivity contribution < 1.29 is 27.4 Å². The summed E-state index contributed by atoms with van der Waals surface area (Å²) in [7, 11) is 0. The van der Waals surface area contributed by atoms with Crippen LogP contribution in [0.5, 0.6) is 5.88 Å². The van der Waals surface area contributed by atoms with Gasteiger partial charge in [-0.25, -0.2) is 9.78 Å². The highest BCUT2D eigenvalue weighted by Gasteiger charge is 2.35. The molecule has 0 spiro atoms. The number of amides is 2. The molecule has 29 heavy (non-hydrogen) atoms. The van der Waals surface area contributed by atoms with Gasteiger partial charge in [-0.05, 0) is 18.6 Å². The summed E-state index contributed by atoms with van der Waals surface area (Å²) in [4.78, 5) is 18.1. The zero-order valence-electron chi connectivity index (χ0n) is 15.9. The summed E-state index contributed by atoms with van der Waals surface area (Å²) in [5.41, 5.74) is 0.698. The maximum atomic E-state index is 12.6. The molecule has 2 amide bonds. The van der Waals surface area contributed by atoms with Gasteiger partial charge in [-0.15, -0.1) is 0 Å². The number of urea groups is 1. The van der Waals surface area contributed by atoms with Crippen molar-refractivity contribution in [3.63, 3.8) is 0 Å². The van der Waals surface area contributed by atoms with E-state index in [0.717, 1.165) is 5.56 Å². The monoisotopic (exact) mass is 409 g/mol. The number of nitrogens with zero attached hydrogens (tertiary/aromatic N) is 2. The average molecular weight is 409 g/mol. The molecule has 1 atom stereocenters. The molecular weight excluding hydrogens is 387 g/mol. The lowest BCUT2D eigenvalue weighted by Crippen LogP contribution is -2.53. The van der Waals surface area contributed by atoms with Crippen LogP contribution in [-0.2, 0) is 16.9 Å². The lowest BCUT2D eigenvalue weighted by molar-refractivity contribution is -0.154. The molecule has 3 rings (SSSR count). The van der Waals surface area contributed by atoms with Gasteiger partial charge in [0.2, 0.25) is 5.88 Å². The molecule has 0 bridgehead atoms. The van der Waals surface area contributed by atoms with Gasteiger partial charge >= 0.3 is 12.2 Å². The van der Waals surface area contributed by atoms with Crippen molar-refractivity contribution in [2.45, 2.75) is 25.2 Å². The minimum atomic E-state index is -4.46. The van der Waals surface area contributed by atoms with Crippen molar-refractivity contribution in [2.24, 2.45) is 0 Å². The number of ether oxygens (including phenoxy) is 2. The van der Waals surface area contributed by atoms with Crippen LogP contribution >= 0.6 is 0 Å². The Kier molecular flexibility index (Phi) is 6.26. The van der Waals surface area contributed by atoms with Crippen molar-refractivity contribution in [1.82, 2.24) is 15.2 Å². The predicted octanol–water partition coefficient (Wildman–Crippen LogP) is 3.48. The Morgan fingerprint density at radius 3 is 2.76 bits per heavy atom. The number of hydrogen-bond donors (Lipinski definition) is 1. The second kappa shape index (κ2) is 8.69. The number of pyridine rings is 1. The zero-order chi connectivity index (χ0) is 20.9. The van der Waals surface area contributed by atoms with E-state index in [2.05, 4.69) is 10.3 Å². The van der Waals surface area contributed by atoms with Crippen LogP contribution in [0.3, 0.4) is 0 Å². The van der Waals surface area contributed by atoms with Gasteiger partial charge in [0, 0.05) is 24.8 Å². The second-order valence-electron chi connectivity index (χ2n) is 6.90. The summed E-state index contributed by atoms with van der Waals surface area (Å²) in [5.74, 6) is -0.152. The lowest BCUT2D eigenvalue weighted by atomic mass is 9.94. The van der Waals surface area contributed by atoms with E-state index in [1.54, 1.807) is 17.0 Å². The maximum Gasteiger partial charge on any atom is 0.422 e. The molecule has 156 valence electrons. The quantitative estimate of drug-likeness (QED) is 0.821. The number of hydrogen-bond acceptors (Lipinski definition) is 4. The molecule has 1 aliphatic heterocycles. The van der Waals surface area contributed by atoms with Crippen LogP contribution in [0, 0.1) is 0 Å². The highest BCUT2D eigenvalue weighted by atomic mass is 19.4. The number of carbonyl (C=O) groups is 1. The molecule has 9 heteroatoms. The highest BCUT2D eigenvalue weighted by Crippen LogP contribution is 2.29. The number of rotatable bonds is 5. The fourth-order valence-electron chi connectivity index (χ4n) is 3.13. The molecule has 6 nitrogen and oxygen atoms in total. The Morgan fingerprint density at radius 1 is 1.28 bits per heavy atom. The Labute approximate surface area is 166 Å². The van der Waals surface area contributed by atoms with E-state index in [-0.39, 0.29) is 18.5 Å². The Balaban J connectivity index is 1.61. The van der Waals surface area contributed by atoms with Crippen molar-refractivity contribution in [1.29, 1.82) is 0 Å². The van der Waals surface area contributed by atoms with Crippen LogP contribution in [0.15, 0.2) is 48.7 Å². The normalized spacial score (nSPS) is 19.7. The lowest BCUT2D eigenvalue weighted by Gasteiger charge is -2.40. The molecule has 2 heterocycles. The van der Waals surface area contributed by atoms with E-state index in [1.807, 2.05) is 37.3 Å². The van der Waals surface area contributed by atoms with Gasteiger partial charge in [0.25, 0.3) is 0 Å². The molecule has 1 aromatic carbocycles. The summed E-state index contributed by atoms with van der Waals surface area (Å²) in [6, 6.07) is 12.4. The Morgan fingerprint density at radius 2 is 2.03 bits per heavy atom. The molecule has 2 aromatic rings. The Hall–Kier alpha value is -2.81. The van der Waals surface area contributed by atoms with Crippen LogP contribution < -0.4 is 10.1 Å². The first-order chi connectivity index (χ1) is 13.8. The number of morpholine rings is 1. The summed E-state index contributed by atoms with van der Waals surface area (Å²) in [6.45, 7) is 1.63. The number of nitrogens with one attached hydrogen (secondary N) is 1. The van der Waals surface area contributed by atoms with Gasteiger partial charge in [-0.1, -0.05) is 36.4 Å². The first-order valence-corrected chi connectivity index (χ1v) is 9.12. The topological polar surface area (TPSA) is 63.7 Å². The minimum absolute atomic E-state index is 0.000722. The van der Waals surface area contributed by atoms with E-state index < -0.39 is 18.4 Å². The molecular formula is C20H22F3N3O3. The van der Waals surface area contributed by atoms with E-state index in [9.17, 15) is 18.0 Å². The molecule has 1 unspecified atom stereocenters. The number of carbonyl (C=O) groups excluding carboxylic acids is 1. The number of benzene rings is 1. The van der Waals surface area contributed by atoms with Crippen molar-refractivity contribution in [3.8, 4) is 5.88 Å². The Bertz CT molecular complexity index is 832. The van der Waals surface area contributed by atoms with Gasteiger partial charge in [0.15, 0.2) is 6.61 Å². The molecule has 0 radical (unpaired) electrons. The largest absolute Gasteiger partial charge is 0.468 e. The van der Waals surface area contributed by atoms with Crippen LogP contribution in [0.2, 0.25) is 0 Å². The summed E-state index contributed by atoms with van der Waals surface area (Å²) < 4.78 is 47.9. The van der Waals surface area contributed by atoms with Crippen molar-refractivity contribution in [2.75, 3.05) is 26.3 Å². The summed E-state index contributed by atoms with van der Waals surface area (Å²) in [5, 5.41) is 2.73. The predicted molar refractivity (Wildman–Crippen MR) is 99.3 cm³/mol. The highest BCUT2D eigenvalue weighted by molar-refractivity contribution is 5.74. The number of halogens is 3. The fourth-order valence-corrected chi connectivity index (χ4v) is 3.13. The van der Waals surface area contributed by atoms with Gasteiger partial charge in [0.1, 0.15) is 5.60 Å². The zero-order valence-corrected chi connectivity index (χ0v) is 15.9. The number of aromatic nitrogens is 1. The molecule has 1 aromatic heterocycles. The molecule has 1 fully saturated rings. The third kappa shape index (κ3) is 5.60. The van der Waals surface area contributed by atoms with Crippen molar-refractivity contribution in [3.05, 3.63) is 59.8 Å². The second-order valence-corrected chi connectivity index (χ2v) is 6.90. The SMILES string of the molecule is CC1(c2ccccc2)CN(C(=O)NCc2cccnc2OCC(F)(F)F)CCO1. The minimum Gasteiger partial charge on any atom is -0.468 e. The van der Waals surface area contributed by atoms with Crippen LogP contribution in [-0.4, -0.2) is 48.4 Å². The molecule has 0 saturated carbocycles. The van der Waals surface area contributed by atoms with E-state index in [4.69, 9.17) is 9.47 Å². The van der Waals surface area contributed by atoms with Crippen LogP contribution in [0.4, 0.5) is 18.0 Å². The first-order valence-electron chi connectivity index (χ1n) is 9.12. The number of alkyl halides is 3. The van der Waals surface area contributed by atoms with Crippen LogP contribution in [0.25, 0.3) is 0 Å².